The molecule has 0 aliphatic carbocycles. The van der Waals surface area contributed by atoms with E-state index in [4.69, 9.17) is 23.2 Å². The van der Waals surface area contributed by atoms with Gasteiger partial charge in [0, 0.05) is 6.54 Å². The van der Waals surface area contributed by atoms with E-state index in [1.165, 1.54) is 6.07 Å². The number of hydrogen-bond acceptors (Lipinski definition) is 3. The van der Waals surface area contributed by atoms with Gasteiger partial charge in [-0.25, -0.2) is 9.37 Å². The molecule has 0 spiro atoms. The summed E-state index contributed by atoms with van der Waals surface area (Å²) < 4.78 is 14.2. The van der Waals surface area contributed by atoms with E-state index >= 15 is 0 Å². The minimum Gasteiger partial charge on any atom is -0.378 e. The molecule has 0 saturated heterocycles. The molecule has 0 saturated carbocycles. The van der Waals surface area contributed by atoms with E-state index in [9.17, 15) is 4.39 Å². The molecule has 1 aromatic heterocycles. The van der Waals surface area contributed by atoms with E-state index in [2.05, 4.69) is 10.3 Å². The van der Waals surface area contributed by atoms with Crippen molar-refractivity contribution >= 4 is 50.4 Å². The van der Waals surface area contributed by atoms with Gasteiger partial charge in [-0.1, -0.05) is 29.3 Å². The molecule has 102 valence electrons. The fourth-order valence-corrected chi connectivity index (χ4v) is 3.02. The molecular formula is C14H9Cl2FN2S. The van der Waals surface area contributed by atoms with Gasteiger partial charge in [-0.05, 0) is 29.8 Å². The minimum atomic E-state index is -0.421. The molecule has 0 unspecified atom stereocenters. The van der Waals surface area contributed by atoms with Crippen LogP contribution in [0.25, 0.3) is 10.2 Å². The van der Waals surface area contributed by atoms with Gasteiger partial charge in [-0.15, -0.1) is 11.3 Å². The van der Waals surface area contributed by atoms with Crippen LogP contribution in [0.2, 0.25) is 10.0 Å². The van der Waals surface area contributed by atoms with E-state index in [0.717, 1.165) is 21.5 Å². The summed E-state index contributed by atoms with van der Waals surface area (Å²) in [7, 11) is 0. The fourth-order valence-electron chi connectivity index (χ4n) is 1.91. The van der Waals surface area contributed by atoms with Gasteiger partial charge in [0.15, 0.2) is 0 Å². The molecule has 0 atom stereocenters. The molecule has 2 nitrogen and oxygen atoms in total. The molecule has 0 radical (unpaired) electrons. The van der Waals surface area contributed by atoms with Crippen LogP contribution in [0.1, 0.15) is 5.56 Å². The van der Waals surface area contributed by atoms with Crippen molar-refractivity contribution in [2.75, 3.05) is 5.32 Å². The van der Waals surface area contributed by atoms with Crippen molar-refractivity contribution in [2.45, 2.75) is 6.54 Å². The van der Waals surface area contributed by atoms with Gasteiger partial charge in [0.2, 0.25) is 0 Å². The van der Waals surface area contributed by atoms with Gasteiger partial charge in [-0.2, -0.15) is 0 Å². The Morgan fingerprint density at radius 1 is 1.15 bits per heavy atom. The first kappa shape index (κ1) is 13.6. The Hall–Kier alpha value is -1.36. The Bertz CT molecular complexity index is 773. The maximum Gasteiger partial charge on any atom is 0.141 e. The molecule has 0 bridgehead atoms. The monoisotopic (exact) mass is 326 g/mol. The zero-order valence-electron chi connectivity index (χ0n) is 10.2. The highest BCUT2D eigenvalue weighted by atomic mass is 35.5. The van der Waals surface area contributed by atoms with Crippen LogP contribution in [0.15, 0.2) is 35.8 Å². The maximum absolute atomic E-state index is 13.1. The van der Waals surface area contributed by atoms with Crippen molar-refractivity contribution in [3.8, 4) is 0 Å². The largest absolute Gasteiger partial charge is 0.378 e. The lowest BCUT2D eigenvalue weighted by atomic mass is 10.2. The average Bonchev–Trinajstić information content (AvgIpc) is 2.90. The SMILES string of the molecule is Fc1ccc(CNc2c(Cl)ccc3scnc23)cc1Cl. The Balaban J connectivity index is 1.88. The summed E-state index contributed by atoms with van der Waals surface area (Å²) in [6, 6.07) is 8.41. The average molecular weight is 327 g/mol. The maximum atomic E-state index is 13.1. The number of fused-ring (bicyclic) bond motifs is 1. The molecule has 2 aromatic carbocycles. The summed E-state index contributed by atoms with van der Waals surface area (Å²) >= 11 is 13.5. The standard InChI is InChI=1S/C14H9Cl2FN2S/c15-9-2-4-12-14(19-7-20-12)13(9)18-6-8-1-3-11(17)10(16)5-8/h1-5,7,18H,6H2. The molecule has 3 aromatic rings. The summed E-state index contributed by atoms with van der Waals surface area (Å²) in [6.45, 7) is 0.496. The molecule has 3 rings (SSSR count). The van der Waals surface area contributed by atoms with Gasteiger partial charge in [0.25, 0.3) is 0 Å². The van der Waals surface area contributed by atoms with E-state index in [1.54, 1.807) is 29.0 Å². The van der Waals surface area contributed by atoms with E-state index in [1.807, 2.05) is 12.1 Å². The number of anilines is 1. The summed E-state index contributed by atoms with van der Waals surface area (Å²) in [6.07, 6.45) is 0. The van der Waals surface area contributed by atoms with Crippen LogP contribution >= 0.6 is 34.5 Å². The zero-order chi connectivity index (χ0) is 14.1. The van der Waals surface area contributed by atoms with Crippen molar-refractivity contribution < 1.29 is 4.39 Å². The fraction of sp³-hybridized carbons (Fsp3) is 0.0714. The third-order valence-electron chi connectivity index (χ3n) is 2.90. The van der Waals surface area contributed by atoms with Gasteiger partial charge in [0.1, 0.15) is 11.3 Å². The highest BCUT2D eigenvalue weighted by molar-refractivity contribution is 7.16. The van der Waals surface area contributed by atoms with Crippen LogP contribution in [0, 0.1) is 5.82 Å². The summed E-state index contributed by atoms with van der Waals surface area (Å²) in [5, 5.41) is 3.96. The highest BCUT2D eigenvalue weighted by Crippen LogP contribution is 2.32. The van der Waals surface area contributed by atoms with E-state index in [-0.39, 0.29) is 5.02 Å². The Kier molecular flexibility index (Phi) is 3.78. The second-order valence-electron chi connectivity index (χ2n) is 4.22. The third-order valence-corrected chi connectivity index (χ3v) is 4.30. The van der Waals surface area contributed by atoms with Crippen LogP contribution < -0.4 is 5.32 Å². The third kappa shape index (κ3) is 2.59. The van der Waals surface area contributed by atoms with Crippen LogP contribution in [-0.2, 0) is 6.54 Å². The molecular weight excluding hydrogens is 318 g/mol. The first-order valence-electron chi connectivity index (χ1n) is 5.84. The van der Waals surface area contributed by atoms with Crippen LogP contribution in [-0.4, -0.2) is 4.98 Å². The topological polar surface area (TPSA) is 24.9 Å². The van der Waals surface area contributed by atoms with Crippen LogP contribution in [0.3, 0.4) is 0 Å². The number of halogens is 3. The predicted octanol–water partition coefficient (Wildman–Crippen LogP) is 5.35. The van der Waals surface area contributed by atoms with Gasteiger partial charge >= 0.3 is 0 Å². The number of nitrogens with zero attached hydrogens (tertiary/aromatic N) is 1. The van der Waals surface area contributed by atoms with Crippen molar-refractivity contribution in [3.63, 3.8) is 0 Å². The molecule has 0 amide bonds. The van der Waals surface area contributed by atoms with E-state index in [0.29, 0.717) is 11.6 Å². The number of aromatic nitrogens is 1. The summed E-state index contributed by atoms with van der Waals surface area (Å²) in [4.78, 5) is 4.31. The normalized spacial score (nSPS) is 10.9. The first-order chi connectivity index (χ1) is 9.65. The van der Waals surface area contributed by atoms with Crippen LogP contribution in [0.5, 0.6) is 0 Å². The van der Waals surface area contributed by atoms with Crippen molar-refractivity contribution in [2.24, 2.45) is 0 Å². The summed E-state index contributed by atoms with van der Waals surface area (Å²) in [5.41, 5.74) is 4.28. The second kappa shape index (κ2) is 5.56. The molecule has 1 N–H and O–H groups in total. The second-order valence-corrected chi connectivity index (χ2v) is 5.92. The van der Waals surface area contributed by atoms with E-state index < -0.39 is 5.82 Å². The number of thiazole rings is 1. The molecule has 0 aliphatic rings. The quantitative estimate of drug-likeness (QED) is 0.701. The van der Waals surface area contributed by atoms with Gasteiger partial charge < -0.3 is 5.32 Å². The number of rotatable bonds is 3. The minimum absolute atomic E-state index is 0.113. The lowest BCUT2D eigenvalue weighted by molar-refractivity contribution is 0.627. The van der Waals surface area contributed by atoms with Gasteiger partial charge in [-0.3, -0.25) is 0 Å². The van der Waals surface area contributed by atoms with Crippen molar-refractivity contribution in [1.82, 2.24) is 4.98 Å². The Morgan fingerprint density at radius 3 is 2.80 bits per heavy atom. The predicted molar refractivity (Wildman–Crippen MR) is 83.4 cm³/mol. The smallest absolute Gasteiger partial charge is 0.141 e. The molecule has 6 heteroatoms. The lowest BCUT2D eigenvalue weighted by Gasteiger charge is -2.09. The van der Waals surface area contributed by atoms with Crippen molar-refractivity contribution in [3.05, 3.63) is 57.3 Å². The van der Waals surface area contributed by atoms with Crippen molar-refractivity contribution in [1.29, 1.82) is 0 Å². The first-order valence-corrected chi connectivity index (χ1v) is 7.48. The Morgan fingerprint density at radius 2 is 2.00 bits per heavy atom. The van der Waals surface area contributed by atoms with Gasteiger partial charge in [0.05, 0.1) is 25.9 Å². The number of nitrogens with one attached hydrogen (secondary N) is 1. The number of benzene rings is 2. The molecule has 1 heterocycles. The molecule has 0 fully saturated rings. The zero-order valence-corrected chi connectivity index (χ0v) is 12.5. The highest BCUT2D eigenvalue weighted by Gasteiger charge is 2.09. The lowest BCUT2D eigenvalue weighted by Crippen LogP contribution is -2.01. The molecule has 0 aliphatic heterocycles. The summed E-state index contributed by atoms with van der Waals surface area (Å²) in [5.74, 6) is -0.421. The van der Waals surface area contributed by atoms with Crippen LogP contribution in [0.4, 0.5) is 10.1 Å². The Labute approximate surface area is 129 Å². The molecule has 20 heavy (non-hydrogen) atoms. The number of hydrogen-bond donors (Lipinski definition) is 1.